The molecule has 0 saturated heterocycles. The normalized spacial score (nSPS) is 10.7. The van der Waals surface area contributed by atoms with Gasteiger partial charge in [0.25, 0.3) is 0 Å². The van der Waals surface area contributed by atoms with Gasteiger partial charge in [-0.3, -0.25) is 4.79 Å². The summed E-state index contributed by atoms with van der Waals surface area (Å²) in [5.41, 5.74) is 0.572. The number of phenols is 1. The van der Waals surface area contributed by atoms with E-state index in [0.29, 0.717) is 11.3 Å². The molecule has 2 rings (SSSR count). The molecule has 0 aliphatic rings. The molecule has 2 N–H and O–H groups in total. The summed E-state index contributed by atoms with van der Waals surface area (Å²) in [6, 6.07) is 8.66. The number of carbonyl (C=O) groups excluding carboxylic acids is 1. The molecule has 118 valence electrons. The lowest BCUT2D eigenvalue weighted by molar-refractivity contribution is 0.0697. The SMILES string of the molecule is COc1cc(Cl)c(O)c(C=CC(=O)c2cccc(C(=O)O)c2)c1. The van der Waals surface area contributed by atoms with Crippen molar-refractivity contribution in [1.82, 2.24) is 0 Å². The van der Waals surface area contributed by atoms with Crippen LogP contribution in [0.4, 0.5) is 0 Å². The molecular formula is C17H13ClO5. The van der Waals surface area contributed by atoms with Crippen molar-refractivity contribution in [3.8, 4) is 11.5 Å². The van der Waals surface area contributed by atoms with E-state index in [1.807, 2.05) is 0 Å². The molecule has 0 radical (unpaired) electrons. The smallest absolute Gasteiger partial charge is 0.335 e. The first-order chi connectivity index (χ1) is 10.9. The third-order valence-corrected chi connectivity index (χ3v) is 3.40. The van der Waals surface area contributed by atoms with Crippen molar-refractivity contribution in [2.45, 2.75) is 0 Å². The Morgan fingerprint density at radius 1 is 1.17 bits per heavy atom. The van der Waals surface area contributed by atoms with Crippen LogP contribution < -0.4 is 4.74 Å². The van der Waals surface area contributed by atoms with Crippen LogP contribution in [0.5, 0.6) is 11.5 Å². The van der Waals surface area contributed by atoms with Crippen LogP contribution in [0, 0.1) is 0 Å². The topological polar surface area (TPSA) is 83.8 Å². The van der Waals surface area contributed by atoms with Crippen LogP contribution in [-0.2, 0) is 0 Å². The van der Waals surface area contributed by atoms with Gasteiger partial charge < -0.3 is 14.9 Å². The average molecular weight is 333 g/mol. The summed E-state index contributed by atoms with van der Waals surface area (Å²) < 4.78 is 5.04. The predicted octanol–water partition coefficient (Wildman–Crippen LogP) is 3.65. The molecule has 5 nitrogen and oxygen atoms in total. The largest absolute Gasteiger partial charge is 0.506 e. The number of ether oxygens (including phenoxy) is 1. The molecule has 0 atom stereocenters. The third-order valence-electron chi connectivity index (χ3n) is 3.11. The number of phenolic OH excluding ortho intramolecular Hbond substituents is 1. The van der Waals surface area contributed by atoms with Gasteiger partial charge in [-0.25, -0.2) is 4.79 Å². The van der Waals surface area contributed by atoms with E-state index >= 15 is 0 Å². The number of rotatable bonds is 5. The van der Waals surface area contributed by atoms with Gasteiger partial charge in [-0.1, -0.05) is 23.7 Å². The molecule has 0 spiro atoms. The molecule has 0 aliphatic heterocycles. The fourth-order valence-corrected chi connectivity index (χ4v) is 2.12. The zero-order chi connectivity index (χ0) is 17.0. The molecule has 23 heavy (non-hydrogen) atoms. The first-order valence-electron chi connectivity index (χ1n) is 6.54. The minimum Gasteiger partial charge on any atom is -0.506 e. The number of halogens is 1. The summed E-state index contributed by atoms with van der Waals surface area (Å²) in [7, 11) is 1.46. The van der Waals surface area contributed by atoms with Gasteiger partial charge in [0.1, 0.15) is 11.5 Å². The fraction of sp³-hybridized carbons (Fsp3) is 0.0588. The number of carboxylic acid groups (broad SMARTS) is 1. The van der Waals surface area contributed by atoms with Gasteiger partial charge in [-0.2, -0.15) is 0 Å². The minimum atomic E-state index is -1.11. The Bertz CT molecular complexity index is 796. The summed E-state index contributed by atoms with van der Waals surface area (Å²) in [5.74, 6) is -1.24. The van der Waals surface area contributed by atoms with Crippen molar-refractivity contribution in [2.24, 2.45) is 0 Å². The number of aromatic hydroxyl groups is 1. The maximum atomic E-state index is 12.1. The van der Waals surface area contributed by atoms with E-state index in [0.717, 1.165) is 0 Å². The number of allylic oxidation sites excluding steroid dienone is 1. The number of aromatic carboxylic acids is 1. The first-order valence-corrected chi connectivity index (χ1v) is 6.92. The Morgan fingerprint density at radius 2 is 1.87 bits per heavy atom. The predicted molar refractivity (Wildman–Crippen MR) is 86.4 cm³/mol. The molecule has 2 aromatic rings. The van der Waals surface area contributed by atoms with Gasteiger partial charge in [0.05, 0.1) is 17.7 Å². The summed E-state index contributed by atoms with van der Waals surface area (Å²) in [6.07, 6.45) is 2.62. The highest BCUT2D eigenvalue weighted by Crippen LogP contribution is 2.33. The second-order valence-electron chi connectivity index (χ2n) is 4.63. The van der Waals surface area contributed by atoms with Gasteiger partial charge in [-0.15, -0.1) is 0 Å². The molecule has 0 aliphatic carbocycles. The van der Waals surface area contributed by atoms with Crippen LogP contribution in [0.3, 0.4) is 0 Å². The number of ketones is 1. The Hall–Kier alpha value is -2.79. The number of hydrogen-bond donors (Lipinski definition) is 2. The summed E-state index contributed by atoms with van der Waals surface area (Å²) in [4.78, 5) is 23.0. The number of hydrogen-bond acceptors (Lipinski definition) is 4. The number of benzene rings is 2. The zero-order valence-corrected chi connectivity index (χ0v) is 12.9. The van der Waals surface area contributed by atoms with E-state index in [9.17, 15) is 14.7 Å². The average Bonchev–Trinajstić information content (AvgIpc) is 2.55. The van der Waals surface area contributed by atoms with Crippen molar-refractivity contribution in [2.75, 3.05) is 7.11 Å². The summed E-state index contributed by atoms with van der Waals surface area (Å²) in [6.45, 7) is 0. The molecule has 0 heterocycles. The second-order valence-corrected chi connectivity index (χ2v) is 5.04. The third kappa shape index (κ3) is 3.90. The van der Waals surface area contributed by atoms with Gasteiger partial charge in [0, 0.05) is 17.2 Å². The lowest BCUT2D eigenvalue weighted by Gasteiger charge is -2.06. The number of carbonyl (C=O) groups is 2. The lowest BCUT2D eigenvalue weighted by Crippen LogP contribution is -2.00. The van der Waals surface area contributed by atoms with E-state index in [1.54, 1.807) is 0 Å². The Labute approximate surface area is 137 Å². The molecule has 0 unspecified atom stereocenters. The molecule has 0 saturated carbocycles. The molecule has 0 amide bonds. The summed E-state index contributed by atoms with van der Waals surface area (Å²) >= 11 is 5.87. The monoisotopic (exact) mass is 332 g/mol. The van der Waals surface area contributed by atoms with Crippen molar-refractivity contribution < 1.29 is 24.5 Å². The van der Waals surface area contributed by atoms with Crippen molar-refractivity contribution in [1.29, 1.82) is 0 Å². The van der Waals surface area contributed by atoms with Crippen LogP contribution in [0.1, 0.15) is 26.3 Å². The molecule has 0 bridgehead atoms. The Balaban J connectivity index is 2.30. The molecule has 2 aromatic carbocycles. The fourth-order valence-electron chi connectivity index (χ4n) is 1.91. The van der Waals surface area contributed by atoms with Crippen LogP contribution in [0.15, 0.2) is 42.5 Å². The van der Waals surface area contributed by atoms with Gasteiger partial charge in [0.2, 0.25) is 0 Å². The van der Waals surface area contributed by atoms with Crippen molar-refractivity contribution in [3.63, 3.8) is 0 Å². The standard InChI is InChI=1S/C17H13ClO5/c1-23-13-8-11(16(20)14(18)9-13)5-6-15(19)10-3-2-4-12(7-10)17(21)22/h2-9,20H,1H3,(H,21,22). The molecule has 6 heteroatoms. The van der Waals surface area contributed by atoms with E-state index in [1.165, 1.54) is 55.7 Å². The quantitative estimate of drug-likeness (QED) is 0.645. The zero-order valence-electron chi connectivity index (χ0n) is 12.1. The highest BCUT2D eigenvalue weighted by Gasteiger charge is 2.09. The first kappa shape index (κ1) is 16.6. The number of methoxy groups -OCH3 is 1. The maximum absolute atomic E-state index is 12.1. The molecule has 0 fully saturated rings. The van der Waals surface area contributed by atoms with Gasteiger partial charge >= 0.3 is 5.97 Å². The van der Waals surface area contributed by atoms with Crippen LogP contribution in [-0.4, -0.2) is 29.1 Å². The van der Waals surface area contributed by atoms with Gasteiger partial charge in [-0.05, 0) is 30.4 Å². The molecular weight excluding hydrogens is 320 g/mol. The van der Waals surface area contributed by atoms with E-state index < -0.39 is 11.8 Å². The highest BCUT2D eigenvalue weighted by molar-refractivity contribution is 6.32. The van der Waals surface area contributed by atoms with Crippen LogP contribution >= 0.6 is 11.6 Å². The van der Waals surface area contributed by atoms with E-state index in [-0.39, 0.29) is 21.9 Å². The Morgan fingerprint density at radius 3 is 2.52 bits per heavy atom. The van der Waals surface area contributed by atoms with Crippen molar-refractivity contribution >= 4 is 29.4 Å². The van der Waals surface area contributed by atoms with Crippen LogP contribution in [0.25, 0.3) is 6.08 Å². The number of carboxylic acids is 1. The van der Waals surface area contributed by atoms with E-state index in [2.05, 4.69) is 0 Å². The Kier molecular flexibility index (Phi) is 5.03. The second kappa shape index (κ2) is 6.98. The van der Waals surface area contributed by atoms with Crippen LogP contribution in [0.2, 0.25) is 5.02 Å². The minimum absolute atomic E-state index is 0.0246. The highest BCUT2D eigenvalue weighted by atomic mass is 35.5. The van der Waals surface area contributed by atoms with E-state index in [4.69, 9.17) is 21.4 Å². The molecule has 0 aromatic heterocycles. The maximum Gasteiger partial charge on any atom is 0.335 e. The lowest BCUT2D eigenvalue weighted by atomic mass is 10.1. The summed E-state index contributed by atoms with van der Waals surface area (Å²) in [5, 5.41) is 18.9. The van der Waals surface area contributed by atoms with Crippen molar-refractivity contribution in [3.05, 3.63) is 64.2 Å². The van der Waals surface area contributed by atoms with Gasteiger partial charge in [0.15, 0.2) is 5.78 Å².